The van der Waals surface area contributed by atoms with E-state index in [-0.39, 0.29) is 4.90 Å². The molecule has 0 unspecified atom stereocenters. The maximum absolute atomic E-state index is 12.9. The molecule has 0 radical (unpaired) electrons. The molecular formula is C18H28N4O4S2. The number of morpholine rings is 2. The number of thiocarbonyl (C=S) groups is 1. The van der Waals surface area contributed by atoms with E-state index in [9.17, 15) is 8.42 Å². The Morgan fingerprint density at radius 3 is 2.43 bits per heavy atom. The summed E-state index contributed by atoms with van der Waals surface area (Å²) in [4.78, 5) is 2.58. The molecule has 0 aliphatic carbocycles. The molecule has 2 fully saturated rings. The molecule has 3 rings (SSSR count). The smallest absolute Gasteiger partial charge is 0.243 e. The van der Waals surface area contributed by atoms with Crippen LogP contribution in [0, 0.1) is 6.92 Å². The van der Waals surface area contributed by atoms with Gasteiger partial charge in [0.2, 0.25) is 10.0 Å². The summed E-state index contributed by atoms with van der Waals surface area (Å²) >= 11 is 5.38. The number of nitrogens with zero attached hydrogens (tertiary/aromatic N) is 2. The first kappa shape index (κ1) is 21.4. The number of hydrogen-bond donors (Lipinski definition) is 2. The van der Waals surface area contributed by atoms with Gasteiger partial charge in [-0.2, -0.15) is 4.31 Å². The summed E-state index contributed by atoms with van der Waals surface area (Å²) in [5, 5.41) is 6.81. The zero-order chi connectivity index (χ0) is 20.0. The molecule has 8 nitrogen and oxygen atoms in total. The molecule has 0 bridgehead atoms. The summed E-state index contributed by atoms with van der Waals surface area (Å²) in [6.45, 7) is 8.53. The van der Waals surface area contributed by atoms with Gasteiger partial charge in [-0.15, -0.1) is 0 Å². The second-order valence-electron chi connectivity index (χ2n) is 6.83. The highest BCUT2D eigenvalue weighted by atomic mass is 32.2. The number of benzene rings is 1. The molecule has 1 aromatic rings. The zero-order valence-corrected chi connectivity index (χ0v) is 17.8. The number of nitrogens with one attached hydrogen (secondary N) is 2. The van der Waals surface area contributed by atoms with E-state index in [2.05, 4.69) is 15.5 Å². The van der Waals surface area contributed by atoms with Crippen LogP contribution in [-0.4, -0.2) is 88.4 Å². The first-order valence-electron chi connectivity index (χ1n) is 9.50. The Morgan fingerprint density at radius 1 is 1.11 bits per heavy atom. The monoisotopic (exact) mass is 428 g/mol. The lowest BCUT2D eigenvalue weighted by molar-refractivity contribution is 0.0389. The van der Waals surface area contributed by atoms with E-state index in [1.165, 1.54) is 4.31 Å². The molecule has 2 heterocycles. The molecule has 2 saturated heterocycles. The van der Waals surface area contributed by atoms with Crippen LogP contribution < -0.4 is 10.6 Å². The molecule has 2 N–H and O–H groups in total. The predicted molar refractivity (Wildman–Crippen MR) is 112 cm³/mol. The normalized spacial score (nSPS) is 19.3. The number of ether oxygens (including phenoxy) is 2. The van der Waals surface area contributed by atoms with Crippen LogP contribution in [0.25, 0.3) is 0 Å². The number of sulfonamides is 1. The third-order valence-corrected chi connectivity index (χ3v) is 7.02. The van der Waals surface area contributed by atoms with Crippen molar-refractivity contribution < 1.29 is 17.9 Å². The van der Waals surface area contributed by atoms with Crippen LogP contribution in [0.3, 0.4) is 0 Å². The highest BCUT2D eigenvalue weighted by Crippen LogP contribution is 2.23. The Bertz CT molecular complexity index is 776. The Hall–Kier alpha value is -1.30. The molecule has 10 heteroatoms. The standard InChI is InChI=1S/C18H28N4O4S2/c1-15-2-3-16(28(23,24)22-8-12-26-13-9-22)14-17(15)20-18(27)19-4-5-21-6-10-25-11-7-21/h2-3,14H,4-13H2,1H3,(H2,19,20,27). The van der Waals surface area contributed by atoms with Gasteiger partial charge in [-0.3, -0.25) is 4.90 Å². The lowest BCUT2D eigenvalue weighted by Crippen LogP contribution is -2.42. The van der Waals surface area contributed by atoms with Crippen LogP contribution in [0.4, 0.5) is 5.69 Å². The Kier molecular flexibility index (Phi) is 7.61. The Balaban J connectivity index is 1.58. The van der Waals surface area contributed by atoms with Crippen LogP contribution in [0.5, 0.6) is 0 Å². The SMILES string of the molecule is Cc1ccc(S(=O)(=O)N2CCOCC2)cc1NC(=S)NCCN1CCOCC1. The lowest BCUT2D eigenvalue weighted by atomic mass is 10.2. The highest BCUT2D eigenvalue weighted by molar-refractivity contribution is 7.89. The summed E-state index contributed by atoms with van der Waals surface area (Å²) in [6.07, 6.45) is 0. The highest BCUT2D eigenvalue weighted by Gasteiger charge is 2.26. The first-order valence-corrected chi connectivity index (χ1v) is 11.3. The van der Waals surface area contributed by atoms with Crippen molar-refractivity contribution in [2.75, 3.05) is 71.0 Å². The van der Waals surface area contributed by atoms with Crippen molar-refractivity contribution in [3.05, 3.63) is 23.8 Å². The average Bonchev–Trinajstić information content (AvgIpc) is 2.71. The van der Waals surface area contributed by atoms with Gasteiger partial charge in [0, 0.05) is 45.0 Å². The molecule has 0 aromatic heterocycles. The van der Waals surface area contributed by atoms with Crippen molar-refractivity contribution in [2.24, 2.45) is 0 Å². The van der Waals surface area contributed by atoms with Crippen LogP contribution in [0.2, 0.25) is 0 Å². The van der Waals surface area contributed by atoms with E-state index in [1.54, 1.807) is 18.2 Å². The molecule has 28 heavy (non-hydrogen) atoms. The third kappa shape index (κ3) is 5.62. The van der Waals surface area contributed by atoms with Gasteiger partial charge >= 0.3 is 0 Å². The number of anilines is 1. The second kappa shape index (κ2) is 9.95. The fraction of sp³-hybridized carbons (Fsp3) is 0.611. The van der Waals surface area contributed by atoms with E-state index in [0.717, 1.165) is 45.0 Å². The summed E-state index contributed by atoms with van der Waals surface area (Å²) in [5.74, 6) is 0. The van der Waals surface area contributed by atoms with Crippen LogP contribution >= 0.6 is 12.2 Å². The van der Waals surface area contributed by atoms with Gasteiger partial charge in [-0.25, -0.2) is 8.42 Å². The fourth-order valence-corrected chi connectivity index (χ4v) is 4.80. The van der Waals surface area contributed by atoms with Gasteiger partial charge in [0.05, 0.1) is 31.3 Å². The van der Waals surface area contributed by atoms with Gasteiger partial charge in [0.1, 0.15) is 0 Å². The minimum Gasteiger partial charge on any atom is -0.379 e. The quantitative estimate of drug-likeness (QED) is 0.639. The van der Waals surface area contributed by atoms with E-state index in [1.807, 2.05) is 6.92 Å². The van der Waals surface area contributed by atoms with Crippen molar-refractivity contribution in [3.63, 3.8) is 0 Å². The van der Waals surface area contributed by atoms with Gasteiger partial charge in [-0.05, 0) is 36.8 Å². The molecule has 0 amide bonds. The van der Waals surface area contributed by atoms with E-state index in [4.69, 9.17) is 21.7 Å². The third-order valence-electron chi connectivity index (χ3n) is 4.88. The van der Waals surface area contributed by atoms with Crippen molar-refractivity contribution in [2.45, 2.75) is 11.8 Å². The molecule has 1 aromatic carbocycles. The molecule has 0 atom stereocenters. The number of rotatable bonds is 6. The Morgan fingerprint density at radius 2 is 1.75 bits per heavy atom. The minimum absolute atomic E-state index is 0.263. The van der Waals surface area contributed by atoms with E-state index < -0.39 is 10.0 Å². The van der Waals surface area contributed by atoms with Crippen LogP contribution in [0.1, 0.15) is 5.56 Å². The van der Waals surface area contributed by atoms with Crippen molar-refractivity contribution >= 4 is 33.0 Å². The summed E-state index contributed by atoms with van der Waals surface area (Å²) < 4.78 is 37.8. The molecule has 0 saturated carbocycles. The largest absolute Gasteiger partial charge is 0.379 e. The van der Waals surface area contributed by atoms with Crippen molar-refractivity contribution in [1.29, 1.82) is 0 Å². The van der Waals surface area contributed by atoms with Gasteiger partial charge in [0.25, 0.3) is 0 Å². The lowest BCUT2D eigenvalue weighted by Gasteiger charge is -2.27. The van der Waals surface area contributed by atoms with E-state index in [0.29, 0.717) is 37.1 Å². The maximum atomic E-state index is 12.9. The number of hydrogen-bond acceptors (Lipinski definition) is 6. The van der Waals surface area contributed by atoms with Gasteiger partial charge in [0.15, 0.2) is 5.11 Å². The molecule has 2 aliphatic rings. The number of aryl methyl sites for hydroxylation is 1. The Labute approximate surface area is 172 Å². The van der Waals surface area contributed by atoms with Crippen molar-refractivity contribution in [3.8, 4) is 0 Å². The predicted octanol–water partition coefficient (Wildman–Crippen LogP) is 0.635. The van der Waals surface area contributed by atoms with Gasteiger partial charge in [-0.1, -0.05) is 6.07 Å². The fourth-order valence-electron chi connectivity index (χ4n) is 3.15. The molecular weight excluding hydrogens is 400 g/mol. The summed E-state index contributed by atoms with van der Waals surface area (Å²) in [5.41, 5.74) is 1.62. The molecule has 156 valence electrons. The second-order valence-corrected chi connectivity index (χ2v) is 9.17. The maximum Gasteiger partial charge on any atom is 0.243 e. The summed E-state index contributed by atoms with van der Waals surface area (Å²) in [7, 11) is -3.54. The average molecular weight is 429 g/mol. The topological polar surface area (TPSA) is 83.1 Å². The minimum atomic E-state index is -3.54. The summed E-state index contributed by atoms with van der Waals surface area (Å²) in [6, 6.07) is 5.09. The van der Waals surface area contributed by atoms with E-state index >= 15 is 0 Å². The van der Waals surface area contributed by atoms with Gasteiger partial charge < -0.3 is 20.1 Å². The zero-order valence-electron chi connectivity index (χ0n) is 16.1. The van der Waals surface area contributed by atoms with Crippen molar-refractivity contribution in [1.82, 2.24) is 14.5 Å². The first-order chi connectivity index (χ1) is 13.5. The van der Waals surface area contributed by atoms with Crippen LogP contribution in [-0.2, 0) is 19.5 Å². The van der Waals surface area contributed by atoms with Crippen LogP contribution in [0.15, 0.2) is 23.1 Å². The molecule has 2 aliphatic heterocycles. The molecule has 0 spiro atoms.